The van der Waals surface area contributed by atoms with Gasteiger partial charge in [-0.05, 0) is 24.6 Å². The second-order valence-electron chi connectivity index (χ2n) is 7.99. The molecule has 1 heterocycles. The molecule has 0 unspecified atom stereocenters. The van der Waals surface area contributed by atoms with Gasteiger partial charge in [0.05, 0.1) is 6.61 Å². The van der Waals surface area contributed by atoms with Crippen LogP contribution in [0.15, 0.2) is 24.3 Å². The van der Waals surface area contributed by atoms with Crippen LogP contribution in [-0.2, 0) is 16.1 Å². The molecule has 0 saturated carbocycles. The van der Waals surface area contributed by atoms with Gasteiger partial charge in [-0.25, -0.2) is 0 Å². The number of rotatable bonds is 7. The number of nitrogens with one attached hydrogen (secondary N) is 1. The summed E-state index contributed by atoms with van der Waals surface area (Å²) in [7, 11) is 0. The predicted octanol–water partition coefficient (Wildman–Crippen LogP) is 2.28. The maximum atomic E-state index is 12.3. The third-order valence-corrected chi connectivity index (χ3v) is 4.67. The zero-order valence-corrected chi connectivity index (χ0v) is 17.1. The molecular weight excluding hydrogens is 342 g/mol. The number of carbonyl (C=O) groups is 2. The summed E-state index contributed by atoms with van der Waals surface area (Å²) in [5.74, 6) is 0.996. The van der Waals surface area contributed by atoms with Gasteiger partial charge in [0, 0.05) is 51.1 Å². The lowest BCUT2D eigenvalue weighted by molar-refractivity contribution is -0.133. The molecule has 0 bridgehead atoms. The van der Waals surface area contributed by atoms with Gasteiger partial charge in [0.1, 0.15) is 5.75 Å². The van der Waals surface area contributed by atoms with E-state index in [4.69, 9.17) is 4.74 Å². The normalized spacial score (nSPS) is 15.5. The minimum absolute atomic E-state index is 0.0181. The Balaban J connectivity index is 1.70. The Morgan fingerprint density at radius 1 is 1.07 bits per heavy atom. The lowest BCUT2D eigenvalue weighted by Gasteiger charge is -2.35. The average Bonchev–Trinajstić information content (AvgIpc) is 2.63. The second-order valence-corrected chi connectivity index (χ2v) is 7.99. The number of hydrogen-bond acceptors (Lipinski definition) is 4. The van der Waals surface area contributed by atoms with Gasteiger partial charge in [-0.1, -0.05) is 32.9 Å². The summed E-state index contributed by atoms with van der Waals surface area (Å²) in [6, 6.07) is 8.20. The molecule has 1 N–H and O–H groups in total. The molecule has 1 fully saturated rings. The molecule has 1 aromatic carbocycles. The monoisotopic (exact) mass is 375 g/mol. The van der Waals surface area contributed by atoms with Crippen LogP contribution >= 0.6 is 0 Å². The van der Waals surface area contributed by atoms with Crippen molar-refractivity contribution < 1.29 is 14.3 Å². The van der Waals surface area contributed by atoms with E-state index in [1.807, 2.05) is 44.7 Å². The molecule has 1 saturated heterocycles. The molecule has 1 aliphatic rings. The molecule has 2 rings (SSSR count). The zero-order valence-electron chi connectivity index (χ0n) is 17.1. The van der Waals surface area contributed by atoms with Crippen molar-refractivity contribution >= 4 is 11.8 Å². The molecule has 1 aliphatic heterocycles. The van der Waals surface area contributed by atoms with Crippen LogP contribution in [0.25, 0.3) is 0 Å². The van der Waals surface area contributed by atoms with Gasteiger partial charge >= 0.3 is 0 Å². The summed E-state index contributed by atoms with van der Waals surface area (Å²) in [6.45, 7) is 12.8. The van der Waals surface area contributed by atoms with Crippen LogP contribution in [0, 0.1) is 5.41 Å². The van der Waals surface area contributed by atoms with Crippen LogP contribution < -0.4 is 10.1 Å². The first-order valence-corrected chi connectivity index (χ1v) is 9.79. The fraction of sp³-hybridized carbons (Fsp3) is 0.619. The van der Waals surface area contributed by atoms with E-state index in [9.17, 15) is 9.59 Å². The third kappa shape index (κ3) is 6.86. The fourth-order valence-corrected chi connectivity index (χ4v) is 2.98. The Kier molecular flexibility index (Phi) is 7.66. The fourth-order valence-electron chi connectivity index (χ4n) is 2.98. The van der Waals surface area contributed by atoms with Crippen molar-refractivity contribution in [1.29, 1.82) is 0 Å². The van der Waals surface area contributed by atoms with Gasteiger partial charge in [0.25, 0.3) is 0 Å². The SMILES string of the molecule is CCOc1ccc(CN2CCN(C(=O)CCNC(=O)C(C)(C)C)CC2)cc1. The van der Waals surface area contributed by atoms with Crippen LogP contribution in [0.2, 0.25) is 0 Å². The van der Waals surface area contributed by atoms with Crippen molar-refractivity contribution in [3.05, 3.63) is 29.8 Å². The van der Waals surface area contributed by atoms with Gasteiger partial charge in [0.2, 0.25) is 11.8 Å². The summed E-state index contributed by atoms with van der Waals surface area (Å²) in [5.41, 5.74) is 0.832. The van der Waals surface area contributed by atoms with Crippen LogP contribution in [0.3, 0.4) is 0 Å². The number of amides is 2. The summed E-state index contributed by atoms with van der Waals surface area (Å²) < 4.78 is 5.47. The van der Waals surface area contributed by atoms with Crippen molar-refractivity contribution in [2.75, 3.05) is 39.3 Å². The molecular formula is C21H33N3O3. The highest BCUT2D eigenvalue weighted by Crippen LogP contribution is 2.15. The maximum absolute atomic E-state index is 12.3. The van der Waals surface area contributed by atoms with Crippen LogP contribution in [0.4, 0.5) is 0 Å². The Labute approximate surface area is 162 Å². The predicted molar refractivity (Wildman–Crippen MR) is 107 cm³/mol. The Morgan fingerprint density at radius 2 is 1.70 bits per heavy atom. The lowest BCUT2D eigenvalue weighted by Crippen LogP contribution is -2.49. The van der Waals surface area contributed by atoms with Gasteiger partial charge < -0.3 is 15.0 Å². The number of piperazine rings is 1. The number of nitrogens with zero attached hydrogens (tertiary/aromatic N) is 2. The van der Waals surface area contributed by atoms with Gasteiger partial charge in [0.15, 0.2) is 0 Å². The maximum Gasteiger partial charge on any atom is 0.225 e. The first-order chi connectivity index (χ1) is 12.8. The first-order valence-electron chi connectivity index (χ1n) is 9.79. The van der Waals surface area contributed by atoms with E-state index >= 15 is 0 Å². The average molecular weight is 376 g/mol. The number of ether oxygens (including phenoxy) is 1. The molecule has 0 spiro atoms. The van der Waals surface area contributed by atoms with Gasteiger partial charge in [-0.2, -0.15) is 0 Å². The molecule has 6 nitrogen and oxygen atoms in total. The molecule has 6 heteroatoms. The summed E-state index contributed by atoms with van der Waals surface area (Å²) in [5, 5.41) is 2.84. The molecule has 27 heavy (non-hydrogen) atoms. The second kappa shape index (κ2) is 9.74. The molecule has 0 aromatic heterocycles. The minimum Gasteiger partial charge on any atom is -0.494 e. The van der Waals surface area contributed by atoms with Gasteiger partial charge in [-0.15, -0.1) is 0 Å². The van der Waals surface area contributed by atoms with E-state index < -0.39 is 5.41 Å². The van der Waals surface area contributed by atoms with Crippen molar-refractivity contribution in [3.63, 3.8) is 0 Å². The standard InChI is InChI=1S/C21H33N3O3/c1-5-27-18-8-6-17(7-9-18)16-23-12-14-24(15-13-23)19(25)10-11-22-20(26)21(2,3)4/h6-9H,5,10-16H2,1-4H3,(H,22,26). The van der Waals surface area contributed by atoms with Crippen LogP contribution in [-0.4, -0.2) is 60.9 Å². The number of benzene rings is 1. The van der Waals surface area contributed by atoms with E-state index in [-0.39, 0.29) is 11.8 Å². The van der Waals surface area contributed by atoms with E-state index in [1.165, 1.54) is 5.56 Å². The van der Waals surface area contributed by atoms with Crippen LogP contribution in [0.5, 0.6) is 5.75 Å². The molecule has 1 aromatic rings. The van der Waals surface area contributed by atoms with Crippen molar-refractivity contribution in [1.82, 2.24) is 15.1 Å². The largest absolute Gasteiger partial charge is 0.494 e. The zero-order chi connectivity index (χ0) is 19.9. The topological polar surface area (TPSA) is 61.9 Å². The first kappa shape index (κ1) is 21.2. The molecule has 0 radical (unpaired) electrons. The lowest BCUT2D eigenvalue weighted by atomic mass is 9.96. The highest BCUT2D eigenvalue weighted by molar-refractivity contribution is 5.82. The molecule has 0 atom stereocenters. The Hall–Kier alpha value is -2.08. The summed E-state index contributed by atoms with van der Waals surface area (Å²) in [6.07, 6.45) is 0.362. The van der Waals surface area contributed by atoms with Crippen molar-refractivity contribution in [2.45, 2.75) is 40.7 Å². The molecule has 2 amide bonds. The Morgan fingerprint density at radius 3 is 2.26 bits per heavy atom. The van der Waals surface area contributed by atoms with E-state index in [0.717, 1.165) is 38.5 Å². The van der Waals surface area contributed by atoms with E-state index in [2.05, 4.69) is 22.3 Å². The minimum atomic E-state index is -0.421. The highest BCUT2D eigenvalue weighted by atomic mass is 16.5. The molecule has 150 valence electrons. The quantitative estimate of drug-likeness (QED) is 0.794. The third-order valence-electron chi connectivity index (χ3n) is 4.67. The molecule has 0 aliphatic carbocycles. The van der Waals surface area contributed by atoms with Crippen molar-refractivity contribution in [3.8, 4) is 5.75 Å². The summed E-state index contributed by atoms with van der Waals surface area (Å²) >= 11 is 0. The number of carbonyl (C=O) groups excluding carboxylic acids is 2. The van der Waals surface area contributed by atoms with E-state index in [0.29, 0.717) is 19.6 Å². The highest BCUT2D eigenvalue weighted by Gasteiger charge is 2.23. The smallest absolute Gasteiger partial charge is 0.225 e. The van der Waals surface area contributed by atoms with Crippen LogP contribution in [0.1, 0.15) is 39.7 Å². The summed E-state index contributed by atoms with van der Waals surface area (Å²) in [4.78, 5) is 28.4. The van der Waals surface area contributed by atoms with Gasteiger partial charge in [-0.3, -0.25) is 14.5 Å². The van der Waals surface area contributed by atoms with Crippen molar-refractivity contribution in [2.24, 2.45) is 5.41 Å². The number of hydrogen-bond donors (Lipinski definition) is 1. The van der Waals surface area contributed by atoms with E-state index in [1.54, 1.807) is 0 Å². The Bertz CT molecular complexity index is 615.